The van der Waals surface area contributed by atoms with Gasteiger partial charge in [-0.05, 0) is 12.1 Å². The summed E-state index contributed by atoms with van der Waals surface area (Å²) >= 11 is 7.53. The van der Waals surface area contributed by atoms with Crippen molar-refractivity contribution in [3.8, 4) is 5.75 Å². The van der Waals surface area contributed by atoms with Crippen LogP contribution in [0, 0.1) is 0 Å². The highest BCUT2D eigenvalue weighted by atomic mass is 35.5. The van der Waals surface area contributed by atoms with Crippen LogP contribution in [0.15, 0.2) is 29.8 Å². The van der Waals surface area contributed by atoms with Crippen molar-refractivity contribution in [2.75, 3.05) is 13.0 Å². The number of imidazole rings is 1. The summed E-state index contributed by atoms with van der Waals surface area (Å²) in [5.74, 6) is 2.37. The highest BCUT2D eigenvalue weighted by Crippen LogP contribution is 2.24. The number of alkyl halides is 1. The van der Waals surface area contributed by atoms with Gasteiger partial charge in [0.1, 0.15) is 16.6 Å². The molecule has 3 aromatic rings. The summed E-state index contributed by atoms with van der Waals surface area (Å²) in [6.45, 7) is 0.716. The maximum atomic E-state index is 5.88. The van der Waals surface area contributed by atoms with Crippen LogP contribution >= 0.6 is 22.9 Å². The normalized spacial score (nSPS) is 11.1. The fraction of sp³-hybridized carbons (Fsp3) is 0.286. The van der Waals surface area contributed by atoms with Crippen molar-refractivity contribution in [2.45, 2.75) is 13.0 Å². The summed E-state index contributed by atoms with van der Waals surface area (Å²) in [5.41, 5.74) is 2.02. The number of rotatable bonds is 5. The molecule has 0 saturated heterocycles. The van der Waals surface area contributed by atoms with Crippen molar-refractivity contribution in [2.24, 2.45) is 0 Å². The summed E-state index contributed by atoms with van der Waals surface area (Å²) in [5, 5.41) is 3.04. The Bertz CT molecular complexity index is 709. The second-order valence-electron chi connectivity index (χ2n) is 4.33. The Labute approximate surface area is 126 Å². The summed E-state index contributed by atoms with van der Waals surface area (Å²) in [7, 11) is 1.67. The molecule has 6 heteroatoms. The molecule has 0 aliphatic heterocycles. The number of nitrogens with zero attached hydrogens (tertiary/aromatic N) is 3. The first-order chi connectivity index (χ1) is 9.81. The van der Waals surface area contributed by atoms with E-state index >= 15 is 0 Å². The minimum atomic E-state index is 0.554. The molecule has 20 heavy (non-hydrogen) atoms. The third kappa shape index (κ3) is 2.51. The molecule has 2 heterocycles. The van der Waals surface area contributed by atoms with E-state index in [9.17, 15) is 0 Å². The Hall–Kier alpha value is -1.59. The Balaban J connectivity index is 2.11. The van der Waals surface area contributed by atoms with E-state index in [1.165, 1.54) is 0 Å². The Morgan fingerprint density at radius 3 is 3.00 bits per heavy atom. The third-order valence-corrected chi connectivity index (χ3v) is 4.08. The number of methoxy groups -OCH3 is 1. The number of thiazole rings is 1. The molecular weight excluding hydrogens is 294 g/mol. The zero-order valence-electron chi connectivity index (χ0n) is 11.0. The van der Waals surface area contributed by atoms with E-state index in [0.29, 0.717) is 12.4 Å². The Kier molecular flexibility index (Phi) is 3.89. The highest BCUT2D eigenvalue weighted by molar-refractivity contribution is 7.09. The molecule has 0 saturated carbocycles. The number of aromatic nitrogens is 3. The van der Waals surface area contributed by atoms with Gasteiger partial charge in [-0.2, -0.15) is 0 Å². The molecule has 4 nitrogen and oxygen atoms in total. The summed E-state index contributed by atoms with van der Waals surface area (Å²) in [4.78, 5) is 9.01. The van der Waals surface area contributed by atoms with Gasteiger partial charge >= 0.3 is 0 Å². The van der Waals surface area contributed by atoms with E-state index in [1.54, 1.807) is 18.4 Å². The van der Waals surface area contributed by atoms with Gasteiger partial charge in [-0.15, -0.1) is 22.9 Å². The van der Waals surface area contributed by atoms with Gasteiger partial charge in [0.2, 0.25) is 0 Å². The molecule has 0 aliphatic carbocycles. The molecule has 3 rings (SSSR count). The van der Waals surface area contributed by atoms with Gasteiger partial charge in [-0.25, -0.2) is 9.97 Å². The van der Waals surface area contributed by atoms with E-state index in [0.717, 1.165) is 34.0 Å². The monoisotopic (exact) mass is 307 g/mol. The second-order valence-corrected chi connectivity index (χ2v) is 5.69. The molecule has 1 aromatic carbocycles. The van der Waals surface area contributed by atoms with Crippen molar-refractivity contribution in [3.63, 3.8) is 0 Å². The fourth-order valence-electron chi connectivity index (χ4n) is 2.20. The van der Waals surface area contributed by atoms with Crippen LogP contribution in [-0.2, 0) is 13.0 Å². The molecule has 0 radical (unpaired) electrons. The van der Waals surface area contributed by atoms with E-state index in [1.807, 2.05) is 29.8 Å². The summed E-state index contributed by atoms with van der Waals surface area (Å²) in [6.07, 6.45) is 2.56. The minimum Gasteiger partial charge on any atom is -0.497 e. The van der Waals surface area contributed by atoms with Crippen molar-refractivity contribution >= 4 is 34.0 Å². The van der Waals surface area contributed by atoms with E-state index in [2.05, 4.69) is 14.5 Å². The van der Waals surface area contributed by atoms with Crippen molar-refractivity contribution < 1.29 is 4.74 Å². The number of aryl methyl sites for hydroxylation is 1. The number of halogens is 1. The number of hydrogen-bond acceptors (Lipinski definition) is 4. The lowest BCUT2D eigenvalue weighted by atomic mass is 10.3. The Morgan fingerprint density at radius 2 is 2.30 bits per heavy atom. The van der Waals surface area contributed by atoms with E-state index in [4.69, 9.17) is 16.3 Å². The predicted molar refractivity (Wildman–Crippen MR) is 81.9 cm³/mol. The molecule has 0 bridgehead atoms. The van der Waals surface area contributed by atoms with Crippen LogP contribution < -0.4 is 4.74 Å². The van der Waals surface area contributed by atoms with Crippen LogP contribution in [0.2, 0.25) is 0 Å². The van der Waals surface area contributed by atoms with Crippen molar-refractivity contribution in [1.29, 1.82) is 0 Å². The molecule has 0 unspecified atom stereocenters. The van der Waals surface area contributed by atoms with Gasteiger partial charge in [0.15, 0.2) is 0 Å². The molecule has 0 amide bonds. The van der Waals surface area contributed by atoms with E-state index in [-0.39, 0.29) is 0 Å². The van der Waals surface area contributed by atoms with Gasteiger partial charge in [0, 0.05) is 29.9 Å². The maximum absolute atomic E-state index is 5.88. The first-order valence-electron chi connectivity index (χ1n) is 6.29. The van der Waals surface area contributed by atoms with Crippen molar-refractivity contribution in [1.82, 2.24) is 14.5 Å². The van der Waals surface area contributed by atoms with Gasteiger partial charge < -0.3 is 9.30 Å². The maximum Gasteiger partial charge on any atom is 0.121 e. The third-order valence-electron chi connectivity index (χ3n) is 3.13. The lowest BCUT2D eigenvalue weighted by Crippen LogP contribution is -2.05. The van der Waals surface area contributed by atoms with Gasteiger partial charge in [-0.3, -0.25) is 0 Å². The molecule has 2 aromatic heterocycles. The smallest absolute Gasteiger partial charge is 0.121 e. The van der Waals surface area contributed by atoms with Gasteiger partial charge in [-0.1, -0.05) is 0 Å². The number of benzene rings is 1. The first kappa shape index (κ1) is 13.4. The first-order valence-corrected chi connectivity index (χ1v) is 7.70. The SMILES string of the molecule is COc1ccc2nc(CCCl)n(Cc3nccs3)c2c1. The summed E-state index contributed by atoms with van der Waals surface area (Å²) < 4.78 is 7.47. The van der Waals surface area contributed by atoms with Crippen LogP contribution in [0.25, 0.3) is 11.0 Å². The fourth-order valence-corrected chi connectivity index (χ4v) is 2.97. The standard InChI is InChI=1S/C14H14ClN3OS/c1-19-10-2-3-11-12(8-10)18(13(17-11)4-5-15)9-14-16-6-7-20-14/h2-3,6-8H,4-5,9H2,1H3. The van der Waals surface area contributed by atoms with Crippen LogP contribution in [-0.4, -0.2) is 27.5 Å². The van der Waals surface area contributed by atoms with E-state index < -0.39 is 0 Å². The zero-order chi connectivity index (χ0) is 13.9. The average Bonchev–Trinajstić information content (AvgIpc) is 3.08. The minimum absolute atomic E-state index is 0.554. The largest absolute Gasteiger partial charge is 0.497 e. The Morgan fingerprint density at radius 1 is 1.40 bits per heavy atom. The molecule has 104 valence electrons. The van der Waals surface area contributed by atoms with Gasteiger partial charge in [0.25, 0.3) is 0 Å². The molecule has 0 N–H and O–H groups in total. The van der Waals surface area contributed by atoms with Crippen LogP contribution in [0.4, 0.5) is 0 Å². The lowest BCUT2D eigenvalue weighted by molar-refractivity contribution is 0.415. The highest BCUT2D eigenvalue weighted by Gasteiger charge is 2.12. The van der Waals surface area contributed by atoms with Gasteiger partial charge in [0.05, 0.1) is 24.7 Å². The second kappa shape index (κ2) is 5.81. The molecule has 0 atom stereocenters. The number of ether oxygens (including phenoxy) is 1. The average molecular weight is 308 g/mol. The predicted octanol–water partition coefficient (Wildman–Crippen LogP) is 3.33. The molecule has 0 aliphatic rings. The molecular formula is C14H14ClN3OS. The van der Waals surface area contributed by atoms with Crippen LogP contribution in [0.1, 0.15) is 10.8 Å². The van der Waals surface area contributed by atoms with Crippen molar-refractivity contribution in [3.05, 3.63) is 40.6 Å². The summed E-state index contributed by atoms with van der Waals surface area (Å²) in [6, 6.07) is 5.91. The topological polar surface area (TPSA) is 39.9 Å². The molecule has 0 fully saturated rings. The van der Waals surface area contributed by atoms with Crippen LogP contribution in [0.5, 0.6) is 5.75 Å². The quantitative estimate of drug-likeness (QED) is 0.679. The lowest BCUT2D eigenvalue weighted by Gasteiger charge is -2.07. The number of fused-ring (bicyclic) bond motifs is 1. The zero-order valence-corrected chi connectivity index (χ0v) is 12.6. The van der Waals surface area contributed by atoms with Crippen LogP contribution in [0.3, 0.4) is 0 Å². The molecule has 0 spiro atoms. The number of hydrogen-bond donors (Lipinski definition) is 0.